The fourth-order valence-electron chi connectivity index (χ4n) is 3.91. The van der Waals surface area contributed by atoms with Crippen molar-refractivity contribution in [3.63, 3.8) is 0 Å². The van der Waals surface area contributed by atoms with Crippen LogP contribution >= 0.6 is 0 Å². The van der Waals surface area contributed by atoms with Crippen molar-refractivity contribution in [3.8, 4) is 0 Å². The van der Waals surface area contributed by atoms with Crippen LogP contribution in [0, 0.1) is 11.8 Å². The van der Waals surface area contributed by atoms with Gasteiger partial charge in [-0.15, -0.1) is 0 Å². The third-order valence-corrected chi connectivity index (χ3v) is 5.74. The first-order valence-electron chi connectivity index (χ1n) is 9.27. The topological polar surface area (TPSA) is 75.4 Å². The van der Waals surface area contributed by atoms with Crippen molar-refractivity contribution in [3.05, 3.63) is 0 Å². The van der Waals surface area contributed by atoms with Gasteiger partial charge in [-0.1, -0.05) is 12.8 Å². The molecular weight excluding hydrogens is 290 g/mol. The zero-order chi connectivity index (χ0) is 16.8. The van der Waals surface area contributed by atoms with E-state index in [2.05, 4.69) is 5.32 Å². The second kappa shape index (κ2) is 8.67. The Morgan fingerprint density at radius 2 is 1.74 bits per heavy atom. The van der Waals surface area contributed by atoms with Gasteiger partial charge in [-0.25, -0.2) is 0 Å². The number of nitrogens with one attached hydrogen (secondary N) is 1. The molecule has 0 aromatic heterocycles. The summed E-state index contributed by atoms with van der Waals surface area (Å²) in [7, 11) is 1.84. The minimum atomic E-state index is 0.0892. The lowest BCUT2D eigenvalue weighted by Crippen LogP contribution is -2.45. The number of nitrogens with zero attached hydrogens (tertiary/aromatic N) is 1. The van der Waals surface area contributed by atoms with Gasteiger partial charge in [-0.05, 0) is 51.4 Å². The first-order chi connectivity index (χ1) is 11.0. The van der Waals surface area contributed by atoms with E-state index in [1.54, 1.807) is 4.90 Å². The van der Waals surface area contributed by atoms with E-state index in [-0.39, 0.29) is 29.8 Å². The van der Waals surface area contributed by atoms with Crippen LogP contribution in [0.25, 0.3) is 0 Å². The number of nitrogens with two attached hydrogens (primary N) is 1. The Morgan fingerprint density at radius 1 is 1.13 bits per heavy atom. The van der Waals surface area contributed by atoms with Crippen LogP contribution in [-0.2, 0) is 9.59 Å². The minimum Gasteiger partial charge on any atom is -0.353 e. The molecule has 2 aliphatic rings. The molecule has 0 aromatic rings. The van der Waals surface area contributed by atoms with E-state index in [4.69, 9.17) is 5.73 Å². The zero-order valence-electron chi connectivity index (χ0n) is 14.7. The molecule has 5 heteroatoms. The number of likely N-dealkylation sites (N-methyl/N-ethyl adjacent to an activating group) is 1. The van der Waals surface area contributed by atoms with Crippen LogP contribution in [0.3, 0.4) is 0 Å². The number of carbonyl (C=O) groups excluding carboxylic acids is 2. The number of hydrogen-bond donors (Lipinski definition) is 2. The standard InChI is InChI=1S/C18H33N3O2/c1-13(12-19)21(2)18(23)15-7-9-16(10-8-15)20-17(22)11-14-5-3-4-6-14/h13-16H,3-12,19H2,1-2H3,(H,20,22). The molecule has 2 amide bonds. The third-order valence-electron chi connectivity index (χ3n) is 5.74. The molecule has 132 valence electrons. The van der Waals surface area contributed by atoms with Crippen LogP contribution in [-0.4, -0.2) is 42.4 Å². The molecule has 3 N–H and O–H groups in total. The van der Waals surface area contributed by atoms with Gasteiger partial charge < -0.3 is 16.0 Å². The van der Waals surface area contributed by atoms with Crippen LogP contribution in [0.15, 0.2) is 0 Å². The molecule has 2 aliphatic carbocycles. The number of rotatable bonds is 6. The van der Waals surface area contributed by atoms with Gasteiger partial charge in [0.25, 0.3) is 0 Å². The van der Waals surface area contributed by atoms with E-state index in [0.29, 0.717) is 18.9 Å². The summed E-state index contributed by atoms with van der Waals surface area (Å²) in [6.45, 7) is 2.47. The van der Waals surface area contributed by atoms with E-state index in [9.17, 15) is 9.59 Å². The van der Waals surface area contributed by atoms with Gasteiger partial charge in [0.2, 0.25) is 11.8 Å². The van der Waals surface area contributed by atoms with Crippen molar-refractivity contribution in [2.45, 2.75) is 76.8 Å². The Bertz CT molecular complexity index is 399. The zero-order valence-corrected chi connectivity index (χ0v) is 14.7. The summed E-state index contributed by atoms with van der Waals surface area (Å²) in [5, 5.41) is 3.18. The maximum Gasteiger partial charge on any atom is 0.225 e. The Hall–Kier alpha value is -1.10. The summed E-state index contributed by atoms with van der Waals surface area (Å²) in [5.41, 5.74) is 5.64. The molecule has 0 heterocycles. The highest BCUT2D eigenvalue weighted by Crippen LogP contribution is 2.29. The fourth-order valence-corrected chi connectivity index (χ4v) is 3.91. The maximum absolute atomic E-state index is 12.4. The molecule has 0 spiro atoms. The van der Waals surface area contributed by atoms with Crippen LogP contribution in [0.5, 0.6) is 0 Å². The first-order valence-corrected chi connectivity index (χ1v) is 9.27. The third kappa shape index (κ3) is 5.20. The van der Waals surface area contributed by atoms with Gasteiger partial charge in [0.05, 0.1) is 0 Å². The van der Waals surface area contributed by atoms with E-state index >= 15 is 0 Å². The first kappa shape index (κ1) is 18.2. The molecule has 0 aliphatic heterocycles. The molecule has 0 aromatic carbocycles. The average molecular weight is 323 g/mol. The SMILES string of the molecule is CC(CN)N(C)C(=O)C1CCC(NC(=O)CC2CCCC2)CC1. The fraction of sp³-hybridized carbons (Fsp3) is 0.889. The second-order valence-corrected chi connectivity index (χ2v) is 7.50. The average Bonchev–Trinajstić information content (AvgIpc) is 3.06. The molecule has 23 heavy (non-hydrogen) atoms. The van der Waals surface area contributed by atoms with Crippen LogP contribution in [0.4, 0.5) is 0 Å². The van der Waals surface area contributed by atoms with E-state index in [1.807, 2.05) is 14.0 Å². The van der Waals surface area contributed by atoms with Crippen molar-refractivity contribution in [2.75, 3.05) is 13.6 Å². The van der Waals surface area contributed by atoms with E-state index in [1.165, 1.54) is 25.7 Å². The van der Waals surface area contributed by atoms with Crippen LogP contribution < -0.4 is 11.1 Å². The maximum atomic E-state index is 12.4. The van der Waals surface area contributed by atoms with Crippen molar-refractivity contribution in [1.82, 2.24) is 10.2 Å². The minimum absolute atomic E-state index is 0.0892. The van der Waals surface area contributed by atoms with Crippen molar-refractivity contribution < 1.29 is 9.59 Å². The molecule has 2 saturated carbocycles. The largest absolute Gasteiger partial charge is 0.353 e. The Labute approximate surface area is 140 Å². The van der Waals surface area contributed by atoms with Crippen molar-refractivity contribution in [2.24, 2.45) is 17.6 Å². The molecule has 2 rings (SSSR count). The summed E-state index contributed by atoms with van der Waals surface area (Å²) in [6.07, 6.45) is 9.23. The number of carbonyl (C=O) groups is 2. The lowest BCUT2D eigenvalue weighted by Gasteiger charge is -2.33. The molecule has 0 radical (unpaired) electrons. The second-order valence-electron chi connectivity index (χ2n) is 7.50. The highest BCUT2D eigenvalue weighted by molar-refractivity contribution is 5.79. The molecule has 0 bridgehead atoms. The lowest BCUT2D eigenvalue weighted by molar-refractivity contribution is -0.137. The summed E-state index contributed by atoms with van der Waals surface area (Å²) in [4.78, 5) is 26.3. The van der Waals surface area contributed by atoms with Gasteiger partial charge in [0.1, 0.15) is 0 Å². The molecule has 2 fully saturated rings. The van der Waals surface area contributed by atoms with E-state index in [0.717, 1.165) is 25.7 Å². The molecule has 1 unspecified atom stereocenters. The van der Waals surface area contributed by atoms with Gasteiger partial charge >= 0.3 is 0 Å². The highest BCUT2D eigenvalue weighted by atomic mass is 16.2. The van der Waals surface area contributed by atoms with Crippen molar-refractivity contribution in [1.29, 1.82) is 0 Å². The van der Waals surface area contributed by atoms with Gasteiger partial charge in [0, 0.05) is 38.0 Å². The summed E-state index contributed by atoms with van der Waals surface area (Å²) in [6, 6.07) is 0.344. The normalized spacial score (nSPS) is 26.7. The highest BCUT2D eigenvalue weighted by Gasteiger charge is 2.30. The van der Waals surface area contributed by atoms with Gasteiger partial charge in [-0.2, -0.15) is 0 Å². The molecule has 5 nitrogen and oxygen atoms in total. The quantitative estimate of drug-likeness (QED) is 0.785. The summed E-state index contributed by atoms with van der Waals surface area (Å²) < 4.78 is 0. The van der Waals surface area contributed by atoms with Gasteiger partial charge in [-0.3, -0.25) is 9.59 Å². The van der Waals surface area contributed by atoms with Crippen LogP contribution in [0.2, 0.25) is 0 Å². The lowest BCUT2D eigenvalue weighted by atomic mass is 9.85. The van der Waals surface area contributed by atoms with Gasteiger partial charge in [0.15, 0.2) is 0 Å². The Morgan fingerprint density at radius 3 is 2.30 bits per heavy atom. The molecule has 0 saturated heterocycles. The number of amides is 2. The number of hydrogen-bond acceptors (Lipinski definition) is 3. The molecular formula is C18H33N3O2. The van der Waals surface area contributed by atoms with Crippen LogP contribution in [0.1, 0.15) is 64.7 Å². The summed E-state index contributed by atoms with van der Waals surface area (Å²) >= 11 is 0. The smallest absolute Gasteiger partial charge is 0.225 e. The monoisotopic (exact) mass is 323 g/mol. The Kier molecular flexibility index (Phi) is 6.88. The predicted molar refractivity (Wildman–Crippen MR) is 91.8 cm³/mol. The van der Waals surface area contributed by atoms with E-state index < -0.39 is 0 Å². The van der Waals surface area contributed by atoms with Crippen molar-refractivity contribution >= 4 is 11.8 Å². The summed E-state index contributed by atoms with van der Waals surface area (Å²) in [5.74, 6) is 1.11. The molecule has 1 atom stereocenters. The Balaban J connectivity index is 1.70. The predicted octanol–water partition coefficient (Wildman–Crippen LogP) is 2.05.